The number of aliphatic imine (C=N–C) groups is 1. The average molecular weight is 233 g/mol. The molecular weight excluding hydrogens is 214 g/mol. The highest BCUT2D eigenvalue weighted by Gasteiger charge is 2.28. The van der Waals surface area contributed by atoms with E-state index in [0.717, 1.165) is 18.9 Å². The van der Waals surface area contributed by atoms with Crippen molar-refractivity contribution in [1.29, 1.82) is 0 Å². The lowest BCUT2D eigenvalue weighted by atomic mass is 10.2. The molecule has 1 aliphatic rings. The fraction of sp³-hybridized carbons (Fsp3) is 0.462. The number of nitrogens with zero attached hydrogens (tertiary/aromatic N) is 2. The van der Waals surface area contributed by atoms with Gasteiger partial charge in [0.2, 0.25) is 5.90 Å². The van der Waals surface area contributed by atoms with E-state index in [-0.39, 0.29) is 6.17 Å². The van der Waals surface area contributed by atoms with Crippen LogP contribution in [0.5, 0.6) is 0 Å². The van der Waals surface area contributed by atoms with Crippen LogP contribution in [0.2, 0.25) is 0 Å². The molecule has 0 aliphatic carbocycles. The second-order valence-corrected chi connectivity index (χ2v) is 4.07. The SMILES string of the molecule is CCCN1OC(CNC)=N[C@H]1c1ccccc1. The number of nitrogens with one attached hydrogen (secondary N) is 1. The van der Waals surface area contributed by atoms with E-state index in [1.807, 2.05) is 30.3 Å². The summed E-state index contributed by atoms with van der Waals surface area (Å²) in [4.78, 5) is 10.3. The molecule has 1 atom stereocenters. The predicted molar refractivity (Wildman–Crippen MR) is 68.6 cm³/mol. The highest BCUT2D eigenvalue weighted by atomic mass is 16.7. The summed E-state index contributed by atoms with van der Waals surface area (Å²) < 4.78 is 0. The summed E-state index contributed by atoms with van der Waals surface area (Å²) in [5.74, 6) is 0.759. The van der Waals surface area contributed by atoms with Crippen LogP contribution >= 0.6 is 0 Å². The molecule has 1 aromatic rings. The zero-order valence-electron chi connectivity index (χ0n) is 10.4. The summed E-state index contributed by atoms with van der Waals surface area (Å²) >= 11 is 0. The standard InChI is InChI=1S/C13H19N3O/c1-3-9-16-13(11-7-5-4-6-8-11)15-12(17-16)10-14-2/h4-8,13-14H,3,9-10H2,1-2H3/t13-/m1/s1. The van der Waals surface area contributed by atoms with Crippen molar-refractivity contribution in [3.05, 3.63) is 35.9 Å². The van der Waals surface area contributed by atoms with E-state index in [2.05, 4.69) is 29.4 Å². The highest BCUT2D eigenvalue weighted by Crippen LogP contribution is 2.27. The van der Waals surface area contributed by atoms with Gasteiger partial charge in [-0.1, -0.05) is 37.3 Å². The Balaban J connectivity index is 2.16. The molecule has 1 heterocycles. The summed E-state index contributed by atoms with van der Waals surface area (Å²) in [6, 6.07) is 10.3. The maximum atomic E-state index is 5.73. The summed E-state index contributed by atoms with van der Waals surface area (Å²) in [5.41, 5.74) is 1.17. The highest BCUT2D eigenvalue weighted by molar-refractivity contribution is 5.79. The Morgan fingerprint density at radius 2 is 2.12 bits per heavy atom. The molecule has 4 nitrogen and oxygen atoms in total. The molecular formula is C13H19N3O. The zero-order chi connectivity index (χ0) is 12.1. The van der Waals surface area contributed by atoms with Crippen molar-refractivity contribution in [1.82, 2.24) is 10.4 Å². The minimum Gasteiger partial charge on any atom is -0.387 e. The molecule has 1 aliphatic heterocycles. The van der Waals surface area contributed by atoms with Gasteiger partial charge in [-0.05, 0) is 19.0 Å². The fourth-order valence-corrected chi connectivity index (χ4v) is 1.89. The maximum Gasteiger partial charge on any atom is 0.225 e. The van der Waals surface area contributed by atoms with Crippen LogP contribution in [0.1, 0.15) is 25.1 Å². The van der Waals surface area contributed by atoms with Crippen LogP contribution < -0.4 is 5.32 Å². The first-order valence-electron chi connectivity index (χ1n) is 6.06. The van der Waals surface area contributed by atoms with Crippen LogP contribution in [0.25, 0.3) is 0 Å². The minimum atomic E-state index is -0.000463. The molecule has 92 valence electrons. The second kappa shape index (κ2) is 5.80. The number of likely N-dealkylation sites (N-methyl/N-ethyl adjacent to an activating group) is 1. The molecule has 1 aromatic carbocycles. The van der Waals surface area contributed by atoms with Crippen LogP contribution in [-0.4, -0.2) is 31.1 Å². The topological polar surface area (TPSA) is 36.9 Å². The lowest BCUT2D eigenvalue weighted by molar-refractivity contribution is -0.0854. The van der Waals surface area contributed by atoms with Gasteiger partial charge in [0.05, 0.1) is 6.54 Å². The molecule has 0 fully saturated rings. The van der Waals surface area contributed by atoms with Crippen molar-refractivity contribution in [2.24, 2.45) is 4.99 Å². The Morgan fingerprint density at radius 3 is 2.76 bits per heavy atom. The van der Waals surface area contributed by atoms with E-state index in [1.165, 1.54) is 5.56 Å². The molecule has 0 aromatic heterocycles. The van der Waals surface area contributed by atoms with Gasteiger partial charge in [-0.25, -0.2) is 4.99 Å². The molecule has 0 saturated heterocycles. The molecule has 0 amide bonds. The van der Waals surface area contributed by atoms with Gasteiger partial charge in [0.25, 0.3) is 0 Å². The van der Waals surface area contributed by atoms with Gasteiger partial charge >= 0.3 is 0 Å². The number of hydroxylamine groups is 2. The van der Waals surface area contributed by atoms with Gasteiger partial charge in [0, 0.05) is 6.54 Å². The summed E-state index contributed by atoms with van der Waals surface area (Å²) in [7, 11) is 1.89. The predicted octanol–water partition coefficient (Wildman–Crippen LogP) is 1.96. The van der Waals surface area contributed by atoms with E-state index in [9.17, 15) is 0 Å². The smallest absolute Gasteiger partial charge is 0.225 e. The first-order chi connectivity index (χ1) is 8.35. The molecule has 17 heavy (non-hydrogen) atoms. The average Bonchev–Trinajstić information content (AvgIpc) is 2.74. The van der Waals surface area contributed by atoms with Crippen molar-refractivity contribution in [2.45, 2.75) is 19.5 Å². The van der Waals surface area contributed by atoms with Gasteiger partial charge in [-0.3, -0.25) is 0 Å². The molecule has 4 heteroatoms. The van der Waals surface area contributed by atoms with Crippen molar-refractivity contribution in [2.75, 3.05) is 20.1 Å². The van der Waals surface area contributed by atoms with Crippen molar-refractivity contribution in [3.8, 4) is 0 Å². The normalized spacial score (nSPS) is 20.1. The minimum absolute atomic E-state index is 0.000463. The lowest BCUT2D eigenvalue weighted by Gasteiger charge is -2.20. The maximum absolute atomic E-state index is 5.73. The molecule has 0 unspecified atom stereocenters. The quantitative estimate of drug-likeness (QED) is 0.844. The Bertz CT molecular complexity index is 378. The third-order valence-corrected chi connectivity index (χ3v) is 2.63. The second-order valence-electron chi connectivity index (χ2n) is 4.07. The summed E-state index contributed by atoms with van der Waals surface area (Å²) in [5, 5.41) is 5.01. The first kappa shape index (κ1) is 12.1. The number of hydrogen-bond donors (Lipinski definition) is 1. The van der Waals surface area contributed by atoms with Crippen LogP contribution in [0.3, 0.4) is 0 Å². The number of rotatable bonds is 5. The third-order valence-electron chi connectivity index (χ3n) is 2.63. The van der Waals surface area contributed by atoms with E-state index >= 15 is 0 Å². The van der Waals surface area contributed by atoms with E-state index in [1.54, 1.807) is 0 Å². The Labute approximate surface area is 102 Å². The first-order valence-corrected chi connectivity index (χ1v) is 6.06. The van der Waals surface area contributed by atoms with Crippen LogP contribution in [0.15, 0.2) is 35.3 Å². The zero-order valence-corrected chi connectivity index (χ0v) is 10.4. The van der Waals surface area contributed by atoms with E-state index in [0.29, 0.717) is 6.54 Å². The van der Waals surface area contributed by atoms with Crippen molar-refractivity contribution < 1.29 is 4.84 Å². The van der Waals surface area contributed by atoms with Gasteiger partial charge < -0.3 is 10.2 Å². The molecule has 0 saturated carbocycles. The lowest BCUT2D eigenvalue weighted by Crippen LogP contribution is -2.27. The van der Waals surface area contributed by atoms with Crippen LogP contribution in [0.4, 0.5) is 0 Å². The fourth-order valence-electron chi connectivity index (χ4n) is 1.89. The monoisotopic (exact) mass is 233 g/mol. The van der Waals surface area contributed by atoms with Crippen molar-refractivity contribution in [3.63, 3.8) is 0 Å². The summed E-state index contributed by atoms with van der Waals surface area (Å²) in [6.45, 7) is 3.70. The van der Waals surface area contributed by atoms with Gasteiger partial charge in [-0.15, -0.1) is 5.06 Å². The number of benzene rings is 1. The molecule has 1 N–H and O–H groups in total. The largest absolute Gasteiger partial charge is 0.387 e. The Kier molecular flexibility index (Phi) is 4.12. The van der Waals surface area contributed by atoms with E-state index < -0.39 is 0 Å². The third kappa shape index (κ3) is 2.84. The Morgan fingerprint density at radius 1 is 1.35 bits per heavy atom. The van der Waals surface area contributed by atoms with E-state index in [4.69, 9.17) is 4.84 Å². The molecule has 0 bridgehead atoms. The Hall–Kier alpha value is -1.39. The van der Waals surface area contributed by atoms with Gasteiger partial charge in [0.1, 0.15) is 0 Å². The van der Waals surface area contributed by atoms with Crippen LogP contribution in [0, 0.1) is 0 Å². The number of hydrogen-bond acceptors (Lipinski definition) is 4. The van der Waals surface area contributed by atoms with Gasteiger partial charge in [-0.2, -0.15) is 0 Å². The van der Waals surface area contributed by atoms with Crippen molar-refractivity contribution >= 4 is 5.90 Å². The molecule has 2 rings (SSSR count). The van der Waals surface area contributed by atoms with Gasteiger partial charge in [0.15, 0.2) is 6.17 Å². The summed E-state index contributed by atoms with van der Waals surface area (Å²) in [6.07, 6.45) is 1.05. The molecule has 0 radical (unpaired) electrons. The van der Waals surface area contributed by atoms with Crippen LogP contribution in [-0.2, 0) is 4.84 Å². The molecule has 0 spiro atoms.